The van der Waals surface area contributed by atoms with Crippen LogP contribution >= 0.6 is 0 Å². The Bertz CT molecular complexity index is 1090. The molecular weight excluding hydrogens is 563 g/mol. The third kappa shape index (κ3) is 9.85. The van der Waals surface area contributed by atoms with Crippen LogP contribution in [0.4, 0.5) is 0 Å². The Labute approximate surface area is 240 Å². The molecule has 0 aliphatic heterocycles. The Hall–Kier alpha value is -1.44. The first-order valence-corrected chi connectivity index (χ1v) is 17.4. The van der Waals surface area contributed by atoms with Crippen LogP contribution in [-0.4, -0.2) is 6.16 Å². The fraction of sp³-hybridized carbons (Fsp3) is 0.226. The van der Waals surface area contributed by atoms with Crippen molar-refractivity contribution in [2.24, 2.45) is 0 Å². The summed E-state index contributed by atoms with van der Waals surface area (Å²) in [6, 6.07) is 21.1. The van der Waals surface area contributed by atoms with E-state index in [0.717, 1.165) is 0 Å². The summed E-state index contributed by atoms with van der Waals surface area (Å²) in [6.07, 6.45) is 18.0. The average molecular weight is 597 g/mol. The van der Waals surface area contributed by atoms with Gasteiger partial charge < -0.3 is 24.8 Å². The van der Waals surface area contributed by atoms with E-state index in [1.807, 2.05) is 0 Å². The van der Waals surface area contributed by atoms with Gasteiger partial charge in [0.1, 0.15) is 0 Å². The molecular formula is C31H34Cl2SiZr-2. The Morgan fingerprint density at radius 1 is 0.743 bits per heavy atom. The molecule has 0 nitrogen and oxygen atoms in total. The molecule has 35 heavy (non-hydrogen) atoms. The van der Waals surface area contributed by atoms with Crippen molar-refractivity contribution < 1.29 is 48.1 Å². The molecule has 3 aromatic rings. The number of hydrogen-bond donors (Lipinski definition) is 0. The molecule has 0 aromatic heterocycles. The molecule has 2 aliphatic rings. The third-order valence-electron chi connectivity index (χ3n) is 5.93. The van der Waals surface area contributed by atoms with Crippen LogP contribution in [0.15, 0.2) is 91.1 Å². The monoisotopic (exact) mass is 594 g/mol. The van der Waals surface area contributed by atoms with E-state index in [9.17, 15) is 0 Å². The summed E-state index contributed by atoms with van der Waals surface area (Å²) in [6.45, 7) is 8.78. The van der Waals surface area contributed by atoms with Crippen molar-refractivity contribution in [3.8, 4) is 0 Å². The van der Waals surface area contributed by atoms with Gasteiger partial charge in [-0.2, -0.15) is 34.4 Å². The molecule has 0 spiro atoms. The second-order valence-electron chi connectivity index (χ2n) is 8.85. The van der Waals surface area contributed by atoms with Crippen LogP contribution in [-0.2, 0) is 29.4 Å². The first kappa shape index (κ1) is 31.6. The Morgan fingerprint density at radius 3 is 1.63 bits per heavy atom. The topological polar surface area (TPSA) is 0 Å². The Kier molecular flexibility index (Phi) is 14.7. The molecule has 4 heteroatoms. The first-order chi connectivity index (χ1) is 16.0. The molecule has 2 atom stereocenters. The van der Waals surface area contributed by atoms with E-state index in [1.54, 1.807) is 23.3 Å². The first-order valence-electron chi connectivity index (χ1n) is 11.7. The van der Waals surface area contributed by atoms with E-state index in [0.29, 0.717) is 18.0 Å². The van der Waals surface area contributed by atoms with Crippen LogP contribution in [0.1, 0.15) is 64.6 Å². The molecule has 0 radical (unpaired) electrons. The van der Waals surface area contributed by atoms with Gasteiger partial charge in [-0.05, 0) is 11.8 Å². The van der Waals surface area contributed by atoms with Crippen molar-refractivity contribution in [3.63, 3.8) is 0 Å². The van der Waals surface area contributed by atoms with E-state index in [1.165, 1.54) is 45.0 Å². The number of halogens is 2. The predicted octanol–water partition coefficient (Wildman–Crippen LogP) is 1.89. The summed E-state index contributed by atoms with van der Waals surface area (Å²) in [5.41, 5.74) is 9.91. The zero-order valence-corrected chi connectivity index (χ0v) is 26.1. The summed E-state index contributed by atoms with van der Waals surface area (Å²) in [7, 11) is 0. The number of hydrogen-bond acceptors (Lipinski definition) is 0. The fourth-order valence-electron chi connectivity index (χ4n) is 4.19. The van der Waals surface area contributed by atoms with Gasteiger partial charge in [0.05, 0.1) is 0 Å². The fourth-order valence-corrected chi connectivity index (χ4v) is 6.44. The maximum absolute atomic E-state index is 2.28. The molecule has 0 saturated carbocycles. The van der Waals surface area contributed by atoms with Gasteiger partial charge in [0.15, 0.2) is 0 Å². The van der Waals surface area contributed by atoms with Crippen molar-refractivity contribution in [2.75, 3.05) is 0 Å². The van der Waals surface area contributed by atoms with Crippen molar-refractivity contribution in [1.82, 2.24) is 0 Å². The zero-order valence-electron chi connectivity index (χ0n) is 21.0. The van der Waals surface area contributed by atoms with Crippen molar-refractivity contribution in [1.29, 1.82) is 0 Å². The van der Waals surface area contributed by atoms with E-state index in [-0.39, 0.29) is 24.8 Å². The van der Waals surface area contributed by atoms with Crippen molar-refractivity contribution in [2.45, 2.75) is 45.6 Å². The van der Waals surface area contributed by atoms with E-state index >= 15 is 0 Å². The van der Waals surface area contributed by atoms with Crippen LogP contribution in [0, 0.1) is 13.8 Å². The second-order valence-corrected chi connectivity index (χ2v) is 12.7. The van der Waals surface area contributed by atoms with Gasteiger partial charge in [-0.3, -0.25) is 0 Å². The number of fused-ring (bicyclic) bond motifs is 2. The van der Waals surface area contributed by atoms with Gasteiger partial charge >= 0.3 is 71.4 Å². The molecule has 5 rings (SSSR count). The quantitative estimate of drug-likeness (QED) is 0.313. The zero-order chi connectivity index (χ0) is 23.6. The van der Waals surface area contributed by atoms with Crippen molar-refractivity contribution in [3.05, 3.63) is 130 Å². The Balaban J connectivity index is 0.000000258. The van der Waals surface area contributed by atoms with E-state index in [4.69, 9.17) is 0 Å². The number of benzene rings is 1. The summed E-state index contributed by atoms with van der Waals surface area (Å²) >= 11 is 1.72. The summed E-state index contributed by atoms with van der Waals surface area (Å²) < 4.78 is 0. The minimum atomic E-state index is 0. The maximum atomic E-state index is 2.28. The molecule has 0 fully saturated rings. The summed E-state index contributed by atoms with van der Waals surface area (Å²) in [5, 5.41) is 0. The van der Waals surface area contributed by atoms with Crippen molar-refractivity contribution >= 4 is 18.3 Å². The van der Waals surface area contributed by atoms with Gasteiger partial charge in [0, 0.05) is 0 Å². The molecule has 0 amide bonds. The summed E-state index contributed by atoms with van der Waals surface area (Å²) in [4.78, 5) is 0. The van der Waals surface area contributed by atoms with Gasteiger partial charge in [-0.1, -0.05) is 52.0 Å². The Morgan fingerprint density at radius 2 is 1.20 bits per heavy atom. The average Bonchev–Trinajstić information content (AvgIpc) is 3.27. The van der Waals surface area contributed by atoms with Crippen LogP contribution in [0.2, 0.25) is 0 Å². The van der Waals surface area contributed by atoms with E-state index < -0.39 is 0 Å². The number of allylic oxidation sites excluding steroid dienone is 6. The second kappa shape index (κ2) is 16.3. The molecule has 2 unspecified atom stereocenters. The molecule has 0 heterocycles. The minimum absolute atomic E-state index is 0. The van der Waals surface area contributed by atoms with Gasteiger partial charge in [0.2, 0.25) is 0 Å². The third-order valence-corrected chi connectivity index (χ3v) is 8.12. The molecule has 0 N–H and O–H groups in total. The molecule has 0 saturated heterocycles. The van der Waals surface area contributed by atoms with Crippen LogP contribution in [0.5, 0.6) is 0 Å². The normalized spacial score (nSPS) is 16.5. The van der Waals surface area contributed by atoms with Crippen LogP contribution in [0.3, 0.4) is 0 Å². The molecule has 0 bridgehead atoms. The summed E-state index contributed by atoms with van der Waals surface area (Å²) in [5.74, 6) is 1.12. The number of aryl methyl sites for hydroxylation is 2. The molecule has 3 aromatic carbocycles. The van der Waals surface area contributed by atoms with Gasteiger partial charge in [-0.25, -0.2) is 0 Å². The van der Waals surface area contributed by atoms with Gasteiger partial charge in [0.25, 0.3) is 0 Å². The predicted molar refractivity (Wildman–Crippen MR) is 144 cm³/mol. The van der Waals surface area contributed by atoms with Crippen LogP contribution in [0.25, 0.3) is 12.2 Å². The SMILES string of the molecule is Cc1cc2c([cH-]1)C=CC=CC2C.Cc1cc2c([cH-]1)C=CC=CC2C.[Cl-].[Cl-].[Zr+2]=[SiH]Cc1ccccc1. The molecule has 182 valence electrons. The van der Waals surface area contributed by atoms with Crippen LogP contribution < -0.4 is 24.8 Å². The number of rotatable bonds is 2. The van der Waals surface area contributed by atoms with Gasteiger partial charge in [-0.15, -0.1) is 47.6 Å². The standard InChI is InChI=1S/2C12H13.C7H8Si.2ClH.Zr/c2*1-9-7-11-6-4-3-5-10(2)12(11)8-9;8-6-7-4-2-1-3-5-7;;;/h2*3-8,10H,1-2H3;1-5,8H,6H2;2*1H;/q2*-1;;;;+2/p-2. The molecule has 2 aliphatic carbocycles. The van der Waals surface area contributed by atoms with E-state index in [2.05, 4.69) is 131 Å².